The number of halogens is 2. The second-order valence-corrected chi connectivity index (χ2v) is 6.19. The van der Waals surface area contributed by atoms with Crippen LogP contribution >= 0.6 is 23.4 Å². The second kappa shape index (κ2) is 8.20. The number of ketones is 1. The van der Waals surface area contributed by atoms with Crippen molar-refractivity contribution in [3.63, 3.8) is 0 Å². The lowest BCUT2D eigenvalue weighted by molar-refractivity contribution is 0.0982. The monoisotopic (exact) mass is 322 g/mol. The van der Waals surface area contributed by atoms with Gasteiger partial charge in [-0.1, -0.05) is 29.8 Å². The molecule has 0 aromatic heterocycles. The Balaban J connectivity index is 1.69. The Morgan fingerprint density at radius 3 is 2.52 bits per heavy atom. The molecular formula is C17H16ClFOS. The SMILES string of the molecule is O=C(CCCSCc1ccccc1Cl)c1ccc(F)cc1. The minimum atomic E-state index is -0.318. The summed E-state index contributed by atoms with van der Waals surface area (Å²) in [5.41, 5.74) is 1.70. The van der Waals surface area contributed by atoms with Gasteiger partial charge >= 0.3 is 0 Å². The van der Waals surface area contributed by atoms with Gasteiger partial charge in [0.2, 0.25) is 0 Å². The van der Waals surface area contributed by atoms with Gasteiger partial charge in [0.05, 0.1) is 0 Å². The molecule has 0 spiro atoms. The lowest BCUT2D eigenvalue weighted by Gasteiger charge is -2.04. The van der Waals surface area contributed by atoms with E-state index in [0.717, 1.165) is 28.5 Å². The van der Waals surface area contributed by atoms with Crippen LogP contribution in [0.4, 0.5) is 4.39 Å². The van der Waals surface area contributed by atoms with Gasteiger partial charge in [-0.2, -0.15) is 11.8 Å². The van der Waals surface area contributed by atoms with Gasteiger partial charge in [-0.15, -0.1) is 0 Å². The highest BCUT2D eigenvalue weighted by Gasteiger charge is 2.06. The number of carbonyl (C=O) groups excluding carboxylic acids is 1. The first-order valence-corrected chi connectivity index (χ1v) is 8.30. The Labute approximate surface area is 133 Å². The van der Waals surface area contributed by atoms with Crippen LogP contribution in [0.25, 0.3) is 0 Å². The fourth-order valence-corrected chi connectivity index (χ4v) is 3.16. The maximum atomic E-state index is 12.8. The average molecular weight is 323 g/mol. The van der Waals surface area contributed by atoms with E-state index in [0.29, 0.717) is 12.0 Å². The lowest BCUT2D eigenvalue weighted by Crippen LogP contribution is -1.99. The van der Waals surface area contributed by atoms with E-state index in [-0.39, 0.29) is 11.6 Å². The molecule has 21 heavy (non-hydrogen) atoms. The number of carbonyl (C=O) groups is 1. The Bertz CT molecular complexity index is 598. The van der Waals surface area contributed by atoms with Crippen LogP contribution in [0.3, 0.4) is 0 Å². The van der Waals surface area contributed by atoms with Gasteiger partial charge in [0.1, 0.15) is 5.82 Å². The van der Waals surface area contributed by atoms with Crippen molar-refractivity contribution in [3.05, 3.63) is 70.5 Å². The zero-order chi connectivity index (χ0) is 15.1. The predicted molar refractivity (Wildman–Crippen MR) is 87.6 cm³/mol. The van der Waals surface area contributed by atoms with Crippen LogP contribution in [0.1, 0.15) is 28.8 Å². The summed E-state index contributed by atoms with van der Waals surface area (Å²) < 4.78 is 12.8. The van der Waals surface area contributed by atoms with E-state index < -0.39 is 0 Å². The Morgan fingerprint density at radius 1 is 1.10 bits per heavy atom. The van der Waals surface area contributed by atoms with E-state index in [4.69, 9.17) is 11.6 Å². The average Bonchev–Trinajstić information content (AvgIpc) is 2.49. The molecule has 2 aromatic rings. The molecule has 0 saturated heterocycles. The summed E-state index contributed by atoms with van der Waals surface area (Å²) in [7, 11) is 0. The Hall–Kier alpha value is -1.32. The van der Waals surface area contributed by atoms with E-state index in [9.17, 15) is 9.18 Å². The number of thioether (sulfide) groups is 1. The zero-order valence-electron chi connectivity index (χ0n) is 11.5. The van der Waals surface area contributed by atoms with Gasteiger partial charge in [0.15, 0.2) is 5.78 Å². The third kappa shape index (κ3) is 5.18. The standard InChI is InChI=1S/C17H16ClFOS/c18-16-5-2-1-4-14(16)12-21-11-3-6-17(20)13-7-9-15(19)10-8-13/h1-2,4-5,7-10H,3,6,11-12H2. The third-order valence-electron chi connectivity index (χ3n) is 3.07. The largest absolute Gasteiger partial charge is 0.294 e. The van der Waals surface area contributed by atoms with Crippen LogP contribution in [0, 0.1) is 5.82 Å². The Morgan fingerprint density at radius 2 is 1.81 bits per heavy atom. The van der Waals surface area contributed by atoms with E-state index in [1.165, 1.54) is 24.3 Å². The van der Waals surface area contributed by atoms with Crippen molar-refractivity contribution in [1.82, 2.24) is 0 Å². The number of hydrogen-bond donors (Lipinski definition) is 0. The summed E-state index contributed by atoms with van der Waals surface area (Å²) in [5.74, 6) is 1.50. The highest BCUT2D eigenvalue weighted by atomic mass is 35.5. The topological polar surface area (TPSA) is 17.1 Å². The summed E-state index contributed by atoms with van der Waals surface area (Å²) in [6.45, 7) is 0. The molecule has 0 aliphatic carbocycles. The molecule has 0 aliphatic heterocycles. The molecule has 0 bridgehead atoms. The molecule has 0 atom stereocenters. The van der Waals surface area contributed by atoms with E-state index >= 15 is 0 Å². The van der Waals surface area contributed by atoms with Crippen LogP contribution in [-0.4, -0.2) is 11.5 Å². The minimum absolute atomic E-state index is 0.0633. The fraction of sp³-hybridized carbons (Fsp3) is 0.235. The summed E-state index contributed by atoms with van der Waals surface area (Å²) in [4.78, 5) is 11.9. The number of hydrogen-bond acceptors (Lipinski definition) is 2. The molecule has 0 N–H and O–H groups in total. The maximum absolute atomic E-state index is 12.8. The van der Waals surface area contributed by atoms with Gasteiger partial charge < -0.3 is 0 Å². The minimum Gasteiger partial charge on any atom is -0.294 e. The molecule has 0 heterocycles. The first kappa shape index (κ1) is 16.1. The predicted octanol–water partition coefficient (Wildman–Crippen LogP) is 5.38. The molecule has 0 radical (unpaired) electrons. The van der Waals surface area contributed by atoms with Crippen LogP contribution in [0.15, 0.2) is 48.5 Å². The van der Waals surface area contributed by atoms with Gasteiger partial charge in [-0.3, -0.25) is 4.79 Å². The molecule has 2 aromatic carbocycles. The van der Waals surface area contributed by atoms with Crippen LogP contribution in [0.5, 0.6) is 0 Å². The van der Waals surface area contributed by atoms with Gasteiger partial charge in [0, 0.05) is 22.8 Å². The number of Topliss-reactive ketones (excluding diaryl/α,β-unsaturated/α-hetero) is 1. The van der Waals surface area contributed by atoms with Crippen molar-refractivity contribution in [1.29, 1.82) is 0 Å². The van der Waals surface area contributed by atoms with Crippen LogP contribution in [-0.2, 0) is 5.75 Å². The molecule has 4 heteroatoms. The molecule has 0 unspecified atom stereocenters. The van der Waals surface area contributed by atoms with Crippen molar-refractivity contribution in [2.45, 2.75) is 18.6 Å². The van der Waals surface area contributed by atoms with E-state index in [2.05, 4.69) is 0 Å². The van der Waals surface area contributed by atoms with Crippen molar-refractivity contribution < 1.29 is 9.18 Å². The fourth-order valence-electron chi connectivity index (χ4n) is 1.91. The molecule has 0 amide bonds. The van der Waals surface area contributed by atoms with Gasteiger partial charge in [-0.25, -0.2) is 4.39 Å². The molecule has 1 nitrogen and oxygen atoms in total. The maximum Gasteiger partial charge on any atom is 0.162 e. The number of rotatable bonds is 7. The van der Waals surface area contributed by atoms with Crippen LogP contribution < -0.4 is 0 Å². The molecule has 2 rings (SSSR count). The van der Waals surface area contributed by atoms with E-state index in [1.807, 2.05) is 24.3 Å². The lowest BCUT2D eigenvalue weighted by atomic mass is 10.1. The van der Waals surface area contributed by atoms with E-state index in [1.54, 1.807) is 11.8 Å². The summed E-state index contributed by atoms with van der Waals surface area (Å²) in [5, 5.41) is 0.785. The quantitative estimate of drug-likeness (QED) is 0.503. The molecular weight excluding hydrogens is 307 g/mol. The van der Waals surface area contributed by atoms with Crippen LogP contribution in [0.2, 0.25) is 5.02 Å². The van der Waals surface area contributed by atoms with Crippen molar-refractivity contribution >= 4 is 29.1 Å². The first-order chi connectivity index (χ1) is 10.2. The van der Waals surface area contributed by atoms with Gasteiger partial charge in [-0.05, 0) is 48.1 Å². The van der Waals surface area contributed by atoms with Gasteiger partial charge in [0.25, 0.3) is 0 Å². The van der Waals surface area contributed by atoms with Crippen molar-refractivity contribution in [3.8, 4) is 0 Å². The highest BCUT2D eigenvalue weighted by Crippen LogP contribution is 2.21. The molecule has 0 aliphatic rings. The highest BCUT2D eigenvalue weighted by molar-refractivity contribution is 7.98. The summed E-state index contributed by atoms with van der Waals surface area (Å²) >= 11 is 7.85. The third-order valence-corrected chi connectivity index (χ3v) is 4.54. The van der Waals surface area contributed by atoms with Crippen molar-refractivity contribution in [2.75, 3.05) is 5.75 Å². The molecule has 0 saturated carbocycles. The number of benzene rings is 2. The second-order valence-electron chi connectivity index (χ2n) is 4.68. The smallest absolute Gasteiger partial charge is 0.162 e. The van der Waals surface area contributed by atoms with Crippen molar-refractivity contribution in [2.24, 2.45) is 0 Å². The Kier molecular flexibility index (Phi) is 6.27. The first-order valence-electron chi connectivity index (χ1n) is 6.77. The summed E-state index contributed by atoms with van der Waals surface area (Å²) in [6.07, 6.45) is 1.30. The zero-order valence-corrected chi connectivity index (χ0v) is 13.1. The molecule has 110 valence electrons. The molecule has 0 fully saturated rings. The normalized spacial score (nSPS) is 10.6. The summed E-state index contributed by atoms with van der Waals surface area (Å²) in [6, 6.07) is 13.5.